The van der Waals surface area contributed by atoms with Crippen LogP contribution in [0.1, 0.15) is 24.5 Å². The Morgan fingerprint density at radius 3 is 2.48 bits per heavy atom. The number of carbonyl (C=O) groups is 1. The molecule has 0 fully saturated rings. The van der Waals surface area contributed by atoms with Gasteiger partial charge in [-0.15, -0.1) is 37.2 Å². The quantitative estimate of drug-likeness (QED) is 0.150. The van der Waals surface area contributed by atoms with Crippen LogP contribution in [-0.2, 0) is 17.8 Å². The van der Waals surface area contributed by atoms with Gasteiger partial charge in [0.05, 0.1) is 18.2 Å². The summed E-state index contributed by atoms with van der Waals surface area (Å²) in [5, 5.41) is 1.42. The lowest BCUT2D eigenvalue weighted by Gasteiger charge is -2.26. The van der Waals surface area contributed by atoms with Gasteiger partial charge in [0.1, 0.15) is 17.4 Å². The van der Waals surface area contributed by atoms with Crippen molar-refractivity contribution < 1.29 is 9.21 Å². The van der Waals surface area contributed by atoms with Gasteiger partial charge >= 0.3 is 0 Å². The first-order chi connectivity index (χ1) is 19.1. The van der Waals surface area contributed by atoms with Gasteiger partial charge in [0.15, 0.2) is 0 Å². The summed E-state index contributed by atoms with van der Waals surface area (Å²) in [5.74, 6) is 1.16. The van der Waals surface area contributed by atoms with E-state index in [1.165, 1.54) is 0 Å². The van der Waals surface area contributed by atoms with E-state index in [2.05, 4.69) is 33.6 Å². The molecule has 4 aromatic heterocycles. The zero-order valence-electron chi connectivity index (χ0n) is 22.4. The second-order valence-corrected chi connectivity index (χ2v) is 9.52. The van der Waals surface area contributed by atoms with Gasteiger partial charge in [-0.25, -0.2) is 9.97 Å². The molecule has 0 saturated carbocycles. The third-order valence-electron chi connectivity index (χ3n) is 6.76. The lowest BCUT2D eigenvalue weighted by atomic mass is 10.1. The van der Waals surface area contributed by atoms with Crippen molar-refractivity contribution >= 4 is 72.1 Å². The van der Waals surface area contributed by atoms with Crippen molar-refractivity contribution in [1.29, 1.82) is 0 Å². The Labute approximate surface area is 266 Å². The summed E-state index contributed by atoms with van der Waals surface area (Å²) >= 11 is 6.20. The highest BCUT2D eigenvalue weighted by molar-refractivity contribution is 6.31. The number of carbonyl (C=O) groups excluding carboxylic acids is 1. The Balaban J connectivity index is 0.00000161. The van der Waals surface area contributed by atoms with Crippen molar-refractivity contribution in [2.75, 3.05) is 4.90 Å². The number of benzene rings is 2. The summed E-state index contributed by atoms with van der Waals surface area (Å²) in [5.41, 5.74) is 4.48. The molecule has 6 rings (SSSR count). The van der Waals surface area contributed by atoms with E-state index in [9.17, 15) is 4.79 Å². The van der Waals surface area contributed by atoms with Gasteiger partial charge < -0.3 is 13.6 Å². The molecular formula is C30H28Cl4N6O2. The fraction of sp³-hybridized carbons (Fsp3) is 0.133. The van der Waals surface area contributed by atoms with Crippen LogP contribution in [0.2, 0.25) is 5.02 Å². The molecule has 0 saturated heterocycles. The molecule has 0 unspecified atom stereocenters. The number of nitrogens with zero attached hydrogens (tertiary/aromatic N) is 6. The third kappa shape index (κ3) is 6.47. The van der Waals surface area contributed by atoms with E-state index in [0.29, 0.717) is 29.5 Å². The number of halogens is 4. The van der Waals surface area contributed by atoms with E-state index >= 15 is 0 Å². The zero-order chi connectivity index (χ0) is 26.8. The van der Waals surface area contributed by atoms with Crippen LogP contribution in [0, 0.1) is 0 Å². The Hall–Kier alpha value is -3.82. The van der Waals surface area contributed by atoms with Gasteiger partial charge in [-0.3, -0.25) is 14.7 Å². The molecule has 0 N–H and O–H groups in total. The lowest BCUT2D eigenvalue weighted by molar-refractivity contribution is -0.108. The molecule has 1 amide bonds. The maximum Gasteiger partial charge on any atom is 0.217 e. The molecule has 0 aliphatic carbocycles. The van der Waals surface area contributed by atoms with Crippen molar-refractivity contribution in [2.45, 2.75) is 25.9 Å². The molecule has 1 atom stereocenters. The molecule has 4 heterocycles. The molecule has 12 heteroatoms. The van der Waals surface area contributed by atoms with Crippen LogP contribution in [0.4, 0.5) is 5.88 Å². The van der Waals surface area contributed by atoms with Crippen LogP contribution in [0.3, 0.4) is 0 Å². The highest BCUT2D eigenvalue weighted by Gasteiger charge is 2.29. The summed E-state index contributed by atoms with van der Waals surface area (Å²) in [6.45, 7) is 2.73. The number of hydrogen-bond donors (Lipinski definition) is 0. The minimum atomic E-state index is -0.465. The molecule has 2 aromatic carbocycles. The number of aromatic nitrogens is 5. The van der Waals surface area contributed by atoms with Gasteiger partial charge in [0.25, 0.3) is 0 Å². The summed E-state index contributed by atoms with van der Waals surface area (Å²) in [6, 6.07) is 20.7. The molecule has 8 nitrogen and oxygen atoms in total. The van der Waals surface area contributed by atoms with Gasteiger partial charge in [-0.05, 0) is 55.0 Å². The van der Waals surface area contributed by atoms with Crippen LogP contribution < -0.4 is 4.90 Å². The molecule has 42 heavy (non-hydrogen) atoms. The SMILES string of the molecule is CCn1c(-c2ccc(-n3ccnc3)cc2)cnc1[C@H](Cc1ccccn1)N(C=O)c1cc2cc(Cl)ccc2o1.Cl.Cl.Cl. The monoisotopic (exact) mass is 644 g/mol. The normalized spacial score (nSPS) is 11.2. The van der Waals surface area contributed by atoms with E-state index in [4.69, 9.17) is 21.0 Å². The summed E-state index contributed by atoms with van der Waals surface area (Å²) < 4.78 is 10.2. The van der Waals surface area contributed by atoms with Gasteiger partial charge in [0.2, 0.25) is 12.3 Å². The Morgan fingerprint density at radius 1 is 1.00 bits per heavy atom. The standard InChI is InChI=1S/C30H25ClN6O2.3ClH/c1-2-36-27(21-6-9-25(10-7-21)35-14-13-32-19-35)18-34-30(36)26(17-24-5-3-4-12-33-24)37(20-38)29-16-22-15-23(31)8-11-28(22)39-29;;;/h3-16,18-20,26H,2,17H2,1H3;3*1H/t26-;;;/m0.../s1. The second-order valence-electron chi connectivity index (χ2n) is 9.08. The number of pyridine rings is 1. The first-order valence-corrected chi connectivity index (χ1v) is 13.0. The fourth-order valence-electron chi connectivity index (χ4n) is 4.87. The van der Waals surface area contributed by atoms with Crippen LogP contribution in [0.5, 0.6) is 0 Å². The van der Waals surface area contributed by atoms with Crippen molar-refractivity contribution in [1.82, 2.24) is 24.1 Å². The second kappa shape index (κ2) is 14.4. The van der Waals surface area contributed by atoms with Crippen molar-refractivity contribution in [3.05, 3.63) is 114 Å². The summed E-state index contributed by atoms with van der Waals surface area (Å²) in [7, 11) is 0. The molecule has 0 aliphatic rings. The lowest BCUT2D eigenvalue weighted by Crippen LogP contribution is -2.31. The van der Waals surface area contributed by atoms with Crippen molar-refractivity contribution in [3.63, 3.8) is 0 Å². The number of fused-ring (bicyclic) bond motifs is 1. The van der Waals surface area contributed by atoms with Crippen LogP contribution >= 0.6 is 48.8 Å². The van der Waals surface area contributed by atoms with E-state index in [1.54, 1.807) is 35.8 Å². The Bertz CT molecular complexity index is 1720. The molecular weight excluding hydrogens is 618 g/mol. The third-order valence-corrected chi connectivity index (χ3v) is 7.00. The van der Waals surface area contributed by atoms with Gasteiger partial charge in [-0.2, -0.15) is 0 Å². The van der Waals surface area contributed by atoms with E-state index < -0.39 is 6.04 Å². The highest BCUT2D eigenvalue weighted by Crippen LogP contribution is 2.35. The molecule has 0 aliphatic heterocycles. The van der Waals surface area contributed by atoms with E-state index in [-0.39, 0.29) is 37.2 Å². The maximum atomic E-state index is 12.7. The number of anilines is 1. The topological polar surface area (TPSA) is 82.0 Å². The fourth-order valence-corrected chi connectivity index (χ4v) is 5.05. The number of furan rings is 1. The summed E-state index contributed by atoms with van der Waals surface area (Å²) in [4.78, 5) is 27.7. The number of rotatable bonds is 9. The largest absolute Gasteiger partial charge is 0.440 e. The first kappa shape index (κ1) is 32.7. The molecule has 0 bridgehead atoms. The van der Waals surface area contributed by atoms with Crippen LogP contribution in [0.25, 0.3) is 27.9 Å². The molecule has 6 aromatic rings. The molecule has 0 radical (unpaired) electrons. The average Bonchev–Trinajstić information content (AvgIpc) is 3.73. The average molecular weight is 646 g/mol. The van der Waals surface area contributed by atoms with Gasteiger partial charge in [0, 0.05) is 59.4 Å². The Morgan fingerprint density at radius 2 is 1.81 bits per heavy atom. The molecule has 0 spiro atoms. The van der Waals surface area contributed by atoms with E-state index in [0.717, 1.165) is 40.3 Å². The number of imidazole rings is 2. The van der Waals surface area contributed by atoms with Crippen molar-refractivity contribution in [2.24, 2.45) is 0 Å². The minimum absolute atomic E-state index is 0. The smallest absolute Gasteiger partial charge is 0.217 e. The summed E-state index contributed by atoms with van der Waals surface area (Å²) in [6.07, 6.45) is 10.3. The zero-order valence-corrected chi connectivity index (χ0v) is 25.6. The predicted octanol–water partition coefficient (Wildman–Crippen LogP) is 7.76. The maximum absolute atomic E-state index is 12.7. The van der Waals surface area contributed by atoms with Crippen molar-refractivity contribution in [3.8, 4) is 16.9 Å². The first-order valence-electron chi connectivity index (χ1n) is 12.6. The van der Waals surface area contributed by atoms with Gasteiger partial charge in [-0.1, -0.05) is 29.8 Å². The Kier molecular flexibility index (Phi) is 11.2. The number of amides is 1. The molecule has 218 valence electrons. The van der Waals surface area contributed by atoms with E-state index in [1.807, 2.05) is 59.4 Å². The van der Waals surface area contributed by atoms with Crippen LogP contribution in [0.15, 0.2) is 102 Å². The number of hydrogen-bond acceptors (Lipinski definition) is 5. The minimum Gasteiger partial charge on any atom is -0.440 e. The van der Waals surface area contributed by atoms with Crippen LogP contribution in [-0.4, -0.2) is 30.5 Å². The highest BCUT2D eigenvalue weighted by atomic mass is 35.5. The predicted molar refractivity (Wildman–Crippen MR) is 173 cm³/mol.